The van der Waals surface area contributed by atoms with Crippen molar-refractivity contribution in [2.45, 2.75) is 63.4 Å². The number of carbonyl (C=O) groups excluding carboxylic acids is 1. The first-order valence-corrected chi connectivity index (χ1v) is 13.8. The second kappa shape index (κ2) is 12.5. The summed E-state index contributed by atoms with van der Waals surface area (Å²) < 4.78 is 36.5. The van der Waals surface area contributed by atoms with E-state index in [1.54, 1.807) is 6.92 Å². The Morgan fingerprint density at radius 2 is 2.00 bits per heavy atom. The van der Waals surface area contributed by atoms with Gasteiger partial charge in [0.05, 0.1) is 12.7 Å². The van der Waals surface area contributed by atoms with Crippen LogP contribution < -0.4 is 20.9 Å². The van der Waals surface area contributed by atoms with Crippen molar-refractivity contribution >= 4 is 25.3 Å². The van der Waals surface area contributed by atoms with Crippen molar-refractivity contribution in [2.24, 2.45) is 0 Å². The third kappa shape index (κ3) is 7.17. The van der Waals surface area contributed by atoms with E-state index in [0.717, 1.165) is 16.8 Å². The average Bonchev–Trinajstić information content (AvgIpc) is 3.14. The van der Waals surface area contributed by atoms with Crippen LogP contribution in [0.4, 0.5) is 0 Å². The molecule has 1 aliphatic heterocycles. The van der Waals surface area contributed by atoms with Gasteiger partial charge in [0.1, 0.15) is 24.0 Å². The number of aromatic nitrogens is 2. The molecule has 2 aromatic rings. The molecule has 1 aromatic carbocycles. The molecule has 0 saturated carbocycles. The van der Waals surface area contributed by atoms with E-state index in [1.165, 1.54) is 31.2 Å². The number of nitrogens with one attached hydrogen (secondary N) is 2. The average molecular weight is 586 g/mol. The van der Waals surface area contributed by atoms with Gasteiger partial charge in [0.2, 0.25) is 0 Å². The van der Waals surface area contributed by atoms with E-state index < -0.39 is 67.8 Å². The number of rotatable bonds is 11. The number of halogens is 1. The highest BCUT2D eigenvalue weighted by Crippen LogP contribution is 2.47. The highest BCUT2D eigenvalue weighted by molar-refractivity contribution is 7.52. The van der Waals surface area contributed by atoms with Crippen LogP contribution in [-0.2, 0) is 23.4 Å². The van der Waals surface area contributed by atoms with Crippen molar-refractivity contribution in [3.8, 4) is 18.1 Å². The van der Waals surface area contributed by atoms with E-state index in [4.69, 9.17) is 36.5 Å². The maximum absolute atomic E-state index is 13.7. The quantitative estimate of drug-likeness (QED) is 0.170. The molecule has 39 heavy (non-hydrogen) atoms. The van der Waals surface area contributed by atoms with E-state index in [9.17, 15) is 29.2 Å². The van der Waals surface area contributed by atoms with Crippen molar-refractivity contribution in [1.82, 2.24) is 14.6 Å². The van der Waals surface area contributed by atoms with E-state index in [0.29, 0.717) is 11.4 Å². The van der Waals surface area contributed by atoms with Crippen molar-refractivity contribution in [3.63, 3.8) is 0 Å². The Labute approximate surface area is 228 Å². The van der Waals surface area contributed by atoms with Gasteiger partial charge in [-0.1, -0.05) is 24.4 Å². The number of aliphatic hydroxyl groups is 2. The molecule has 0 bridgehead atoms. The van der Waals surface area contributed by atoms with Crippen LogP contribution in [0.1, 0.15) is 33.4 Å². The minimum Gasteiger partial charge on any atom is -0.462 e. The zero-order valence-electron chi connectivity index (χ0n) is 21.3. The summed E-state index contributed by atoms with van der Waals surface area (Å²) in [6, 6.07) is 5.63. The fourth-order valence-electron chi connectivity index (χ4n) is 3.52. The number of carbonyl (C=O) groups is 1. The lowest BCUT2D eigenvalue weighted by Gasteiger charge is -2.26. The number of terminal acetylenes is 1. The molecule has 3 unspecified atom stereocenters. The summed E-state index contributed by atoms with van der Waals surface area (Å²) >= 11 is 5.90. The first-order valence-electron chi connectivity index (χ1n) is 11.8. The van der Waals surface area contributed by atoms with Crippen LogP contribution >= 0.6 is 19.3 Å². The lowest BCUT2D eigenvalue weighted by Crippen LogP contribution is -2.48. The van der Waals surface area contributed by atoms with Crippen LogP contribution in [0.15, 0.2) is 46.1 Å². The van der Waals surface area contributed by atoms with Crippen LogP contribution in [-0.4, -0.2) is 62.3 Å². The lowest BCUT2D eigenvalue weighted by atomic mass is 9.95. The Kier molecular flexibility index (Phi) is 9.79. The lowest BCUT2D eigenvalue weighted by molar-refractivity contribution is -0.150. The summed E-state index contributed by atoms with van der Waals surface area (Å²) in [4.78, 5) is 38.2. The van der Waals surface area contributed by atoms with Crippen LogP contribution in [0.5, 0.6) is 5.75 Å². The summed E-state index contributed by atoms with van der Waals surface area (Å²) in [7, 11) is -4.39. The minimum absolute atomic E-state index is 0.0726. The molecule has 2 heterocycles. The number of esters is 1. The molecule has 13 nitrogen and oxygen atoms in total. The van der Waals surface area contributed by atoms with Gasteiger partial charge < -0.3 is 24.2 Å². The third-order valence-corrected chi connectivity index (χ3v) is 7.76. The Morgan fingerprint density at radius 3 is 2.59 bits per heavy atom. The highest BCUT2D eigenvalue weighted by Gasteiger charge is 2.56. The number of nitrogens with zero attached hydrogens (tertiary/aromatic N) is 1. The topological polar surface area (TPSA) is 178 Å². The van der Waals surface area contributed by atoms with Gasteiger partial charge in [0.15, 0.2) is 11.8 Å². The number of ether oxygens (including phenoxy) is 2. The van der Waals surface area contributed by atoms with Gasteiger partial charge in [-0.15, -0.1) is 6.42 Å². The second-order valence-electron chi connectivity index (χ2n) is 8.80. The second-order valence-corrected chi connectivity index (χ2v) is 10.9. The molecule has 15 heteroatoms. The molecule has 0 radical (unpaired) electrons. The van der Waals surface area contributed by atoms with Gasteiger partial charge in [0, 0.05) is 17.3 Å². The molecule has 7 atom stereocenters. The first-order chi connectivity index (χ1) is 18.3. The van der Waals surface area contributed by atoms with Crippen LogP contribution in [0.2, 0.25) is 5.02 Å². The van der Waals surface area contributed by atoms with Crippen molar-refractivity contribution in [2.75, 3.05) is 6.61 Å². The normalized spacial score (nSPS) is 25.7. The summed E-state index contributed by atoms with van der Waals surface area (Å²) in [6.45, 7) is 4.24. The molecule has 1 saturated heterocycles. The van der Waals surface area contributed by atoms with E-state index in [2.05, 4.69) is 5.09 Å². The van der Waals surface area contributed by atoms with Gasteiger partial charge >= 0.3 is 19.4 Å². The number of H-pyrrole nitrogens is 1. The Hall–Kier alpha value is -2.95. The van der Waals surface area contributed by atoms with E-state index in [-0.39, 0.29) is 5.75 Å². The Morgan fingerprint density at radius 1 is 1.33 bits per heavy atom. The number of hydrogen-bond donors (Lipinski definition) is 4. The van der Waals surface area contributed by atoms with Gasteiger partial charge in [0.25, 0.3) is 5.56 Å². The summed E-state index contributed by atoms with van der Waals surface area (Å²) in [6.07, 6.45) is 1.76. The zero-order chi connectivity index (χ0) is 29.0. The van der Waals surface area contributed by atoms with Gasteiger partial charge in [-0.05, 0) is 44.5 Å². The fraction of sp³-hybridized carbons (Fsp3) is 0.458. The molecule has 0 amide bonds. The maximum atomic E-state index is 13.7. The monoisotopic (exact) mass is 585 g/mol. The molecular formula is C24H29ClN3O10P. The summed E-state index contributed by atoms with van der Waals surface area (Å²) in [5, 5.41) is 24.6. The molecule has 1 aliphatic rings. The van der Waals surface area contributed by atoms with Crippen molar-refractivity contribution in [3.05, 3.63) is 62.4 Å². The molecule has 0 aliphatic carbocycles. The number of aromatic amines is 1. The van der Waals surface area contributed by atoms with Crippen LogP contribution in [0.3, 0.4) is 0 Å². The van der Waals surface area contributed by atoms with E-state index >= 15 is 0 Å². The standard InChI is InChI=1S/C24H29ClN3O10P/c1-5-14(3)36-21(31)15(4)27-39(34,38-17-9-7-16(25)8-10-17)35-13-18-20(30)24(33,6-2)22(37-18)28-12-11-19(29)26-23(28)32/h2,7-12,14-15,18,20,22,30,33H,5,13H2,1,3-4H3,(H,27,34)(H,26,29,32)/t14?,15?,18-,20-,22-,24-,39?/m1/s1. The van der Waals surface area contributed by atoms with Gasteiger partial charge in [-0.25, -0.2) is 9.36 Å². The zero-order valence-corrected chi connectivity index (χ0v) is 22.9. The smallest absolute Gasteiger partial charge is 0.459 e. The number of aliphatic hydroxyl groups excluding tert-OH is 1. The maximum Gasteiger partial charge on any atom is 0.459 e. The minimum atomic E-state index is -4.39. The first kappa shape index (κ1) is 30.6. The Bertz CT molecular complexity index is 1370. The largest absolute Gasteiger partial charge is 0.462 e. The van der Waals surface area contributed by atoms with Crippen LogP contribution in [0.25, 0.3) is 0 Å². The predicted molar refractivity (Wildman–Crippen MR) is 139 cm³/mol. The predicted octanol–water partition coefficient (Wildman–Crippen LogP) is 1.34. The Balaban J connectivity index is 1.84. The molecule has 4 N–H and O–H groups in total. The summed E-state index contributed by atoms with van der Waals surface area (Å²) in [5.74, 6) is 1.36. The van der Waals surface area contributed by atoms with Crippen LogP contribution in [0, 0.1) is 12.3 Å². The fourth-order valence-corrected chi connectivity index (χ4v) is 5.15. The molecule has 1 fully saturated rings. The molecule has 0 spiro atoms. The molecule has 1 aromatic heterocycles. The number of hydrogen-bond acceptors (Lipinski definition) is 10. The molecule has 212 valence electrons. The highest BCUT2D eigenvalue weighted by atomic mass is 35.5. The SMILES string of the molecule is C#C[C@@]1(O)[C@H](O)[C@@H](COP(=O)(NC(C)C(=O)OC(C)CC)Oc2ccc(Cl)cc2)O[C@H]1n1ccc(=O)[nH]c1=O. The van der Waals surface area contributed by atoms with Crippen molar-refractivity contribution < 1.29 is 38.1 Å². The molecule has 3 rings (SSSR count). The van der Waals surface area contributed by atoms with Gasteiger partial charge in [-0.3, -0.25) is 23.7 Å². The number of benzene rings is 1. The summed E-state index contributed by atoms with van der Waals surface area (Å²) in [5.41, 5.74) is -4.09. The third-order valence-electron chi connectivity index (χ3n) is 5.86. The molecular weight excluding hydrogens is 557 g/mol. The van der Waals surface area contributed by atoms with Gasteiger partial charge in [-0.2, -0.15) is 5.09 Å². The van der Waals surface area contributed by atoms with E-state index in [1.807, 2.05) is 17.8 Å². The van der Waals surface area contributed by atoms with Crippen molar-refractivity contribution in [1.29, 1.82) is 0 Å².